The van der Waals surface area contributed by atoms with Gasteiger partial charge in [-0.1, -0.05) is 6.08 Å². The highest BCUT2D eigenvalue weighted by atomic mass is 35.5. The summed E-state index contributed by atoms with van der Waals surface area (Å²) in [5, 5.41) is 2.79. The summed E-state index contributed by atoms with van der Waals surface area (Å²) in [7, 11) is 0. The Kier molecular flexibility index (Phi) is 3.78. The van der Waals surface area contributed by atoms with Crippen LogP contribution in [0.3, 0.4) is 0 Å². The van der Waals surface area contributed by atoms with Crippen molar-refractivity contribution >= 4 is 24.1 Å². The van der Waals surface area contributed by atoms with Gasteiger partial charge in [0.2, 0.25) is 0 Å². The van der Waals surface area contributed by atoms with Gasteiger partial charge in [0.15, 0.2) is 5.78 Å². The maximum absolute atomic E-state index is 10.8. The van der Waals surface area contributed by atoms with E-state index in [0.29, 0.717) is 6.54 Å². The van der Waals surface area contributed by atoms with Gasteiger partial charge in [0.05, 0.1) is 12.1 Å². The summed E-state index contributed by atoms with van der Waals surface area (Å²) in [6.45, 7) is 0.763. The van der Waals surface area contributed by atoms with Gasteiger partial charge in [0, 0.05) is 6.54 Å². The highest BCUT2D eigenvalue weighted by Crippen LogP contribution is 1.97. The normalized spacial score (nSPS) is 16.7. The quantitative estimate of drug-likeness (QED) is 0.503. The number of amides is 1. The largest absolute Gasteiger partial charge is 0.365 e. The summed E-state index contributed by atoms with van der Waals surface area (Å²) >= 11 is 0. The first-order chi connectivity index (χ1) is 4.72. The SMILES string of the molecule is Cl.NC(=O)C1=CCNCC1=O. The lowest BCUT2D eigenvalue weighted by Gasteiger charge is -2.08. The molecule has 62 valence electrons. The first kappa shape index (κ1) is 10.1. The van der Waals surface area contributed by atoms with E-state index in [1.807, 2.05) is 0 Å². The average molecular weight is 177 g/mol. The Morgan fingerprint density at radius 1 is 1.64 bits per heavy atom. The van der Waals surface area contributed by atoms with Crippen LogP contribution in [0, 0.1) is 0 Å². The van der Waals surface area contributed by atoms with E-state index >= 15 is 0 Å². The monoisotopic (exact) mass is 176 g/mol. The molecule has 0 radical (unpaired) electrons. The van der Waals surface area contributed by atoms with Gasteiger partial charge >= 0.3 is 0 Å². The van der Waals surface area contributed by atoms with Crippen molar-refractivity contribution in [3.05, 3.63) is 11.6 Å². The predicted molar refractivity (Wildman–Crippen MR) is 42.4 cm³/mol. The molecule has 0 saturated heterocycles. The Morgan fingerprint density at radius 2 is 2.27 bits per heavy atom. The van der Waals surface area contributed by atoms with Crippen molar-refractivity contribution in [2.24, 2.45) is 5.73 Å². The smallest absolute Gasteiger partial charge is 0.252 e. The van der Waals surface area contributed by atoms with E-state index in [9.17, 15) is 9.59 Å². The lowest BCUT2D eigenvalue weighted by molar-refractivity contribution is -0.120. The minimum Gasteiger partial charge on any atom is -0.365 e. The molecule has 0 spiro atoms. The lowest BCUT2D eigenvalue weighted by atomic mass is 10.1. The molecule has 0 bridgehead atoms. The molecule has 1 rings (SSSR count). The Bertz CT molecular complexity index is 213. The van der Waals surface area contributed by atoms with Crippen LogP contribution in [0.15, 0.2) is 11.6 Å². The molecule has 0 unspecified atom stereocenters. The average Bonchev–Trinajstić information content (AvgIpc) is 1.88. The first-order valence-electron chi connectivity index (χ1n) is 2.95. The van der Waals surface area contributed by atoms with Crippen LogP contribution >= 0.6 is 12.4 Å². The molecular formula is C6H9ClN2O2. The van der Waals surface area contributed by atoms with Crippen LogP contribution in [0.2, 0.25) is 0 Å². The second-order valence-corrected chi connectivity index (χ2v) is 2.04. The molecule has 1 aliphatic heterocycles. The summed E-state index contributed by atoms with van der Waals surface area (Å²) in [4.78, 5) is 21.3. The first-order valence-corrected chi connectivity index (χ1v) is 2.95. The molecule has 0 saturated carbocycles. The summed E-state index contributed by atoms with van der Waals surface area (Å²) in [6.07, 6.45) is 1.51. The molecule has 0 aromatic carbocycles. The number of hydrogen-bond acceptors (Lipinski definition) is 3. The molecule has 0 aliphatic carbocycles. The molecule has 0 aromatic rings. The molecular weight excluding hydrogens is 168 g/mol. The highest BCUT2D eigenvalue weighted by molar-refractivity contribution is 6.19. The Hall–Kier alpha value is -0.870. The molecule has 1 amide bonds. The van der Waals surface area contributed by atoms with Gasteiger partial charge in [-0.05, 0) is 0 Å². The van der Waals surface area contributed by atoms with Crippen molar-refractivity contribution in [2.75, 3.05) is 13.1 Å². The summed E-state index contributed by atoms with van der Waals surface area (Å²) in [5.74, 6) is -0.856. The molecule has 5 heteroatoms. The number of carbonyl (C=O) groups excluding carboxylic acids is 2. The van der Waals surface area contributed by atoms with Crippen LogP contribution in [0.4, 0.5) is 0 Å². The van der Waals surface area contributed by atoms with E-state index in [-0.39, 0.29) is 30.3 Å². The number of rotatable bonds is 1. The van der Waals surface area contributed by atoms with Gasteiger partial charge in [0.1, 0.15) is 0 Å². The van der Waals surface area contributed by atoms with E-state index in [4.69, 9.17) is 5.73 Å². The van der Waals surface area contributed by atoms with Crippen LogP contribution < -0.4 is 11.1 Å². The molecule has 11 heavy (non-hydrogen) atoms. The van der Waals surface area contributed by atoms with Gasteiger partial charge in [-0.25, -0.2) is 0 Å². The second-order valence-electron chi connectivity index (χ2n) is 2.04. The number of primary amides is 1. The number of ketones is 1. The van der Waals surface area contributed by atoms with Gasteiger partial charge < -0.3 is 11.1 Å². The number of Topliss-reactive ketones (excluding diaryl/α,β-unsaturated/α-hetero) is 1. The van der Waals surface area contributed by atoms with Crippen molar-refractivity contribution in [3.63, 3.8) is 0 Å². The van der Waals surface area contributed by atoms with Crippen molar-refractivity contribution < 1.29 is 9.59 Å². The standard InChI is InChI=1S/C6H8N2O2.ClH/c7-6(10)4-1-2-8-3-5(4)9;/h1,8H,2-3H2,(H2,7,10);1H. The molecule has 0 atom stereocenters. The Morgan fingerprint density at radius 3 is 2.64 bits per heavy atom. The van der Waals surface area contributed by atoms with E-state index in [1.54, 1.807) is 0 Å². The van der Waals surface area contributed by atoms with Gasteiger partial charge in [0.25, 0.3) is 5.91 Å². The minimum atomic E-state index is -0.633. The highest BCUT2D eigenvalue weighted by Gasteiger charge is 2.16. The molecule has 1 heterocycles. The van der Waals surface area contributed by atoms with E-state index < -0.39 is 5.91 Å². The molecule has 0 aromatic heterocycles. The van der Waals surface area contributed by atoms with Crippen LogP contribution in [0.5, 0.6) is 0 Å². The topological polar surface area (TPSA) is 72.2 Å². The zero-order valence-electron chi connectivity index (χ0n) is 5.79. The number of carbonyl (C=O) groups is 2. The van der Waals surface area contributed by atoms with Crippen LogP contribution in [0.1, 0.15) is 0 Å². The Balaban J connectivity index is 0.000001000. The fourth-order valence-corrected chi connectivity index (χ4v) is 0.807. The maximum Gasteiger partial charge on any atom is 0.252 e. The fraction of sp³-hybridized carbons (Fsp3) is 0.333. The Labute approximate surface area is 70.2 Å². The maximum atomic E-state index is 10.8. The van der Waals surface area contributed by atoms with E-state index in [0.717, 1.165) is 0 Å². The van der Waals surface area contributed by atoms with Crippen molar-refractivity contribution in [1.29, 1.82) is 0 Å². The van der Waals surface area contributed by atoms with Crippen LogP contribution in [-0.4, -0.2) is 24.8 Å². The zero-order valence-corrected chi connectivity index (χ0v) is 6.61. The van der Waals surface area contributed by atoms with E-state index in [1.165, 1.54) is 6.08 Å². The van der Waals surface area contributed by atoms with Gasteiger partial charge in [-0.15, -0.1) is 12.4 Å². The molecule has 1 aliphatic rings. The summed E-state index contributed by atoms with van der Waals surface area (Å²) in [5.41, 5.74) is 5.03. The third-order valence-corrected chi connectivity index (χ3v) is 1.30. The predicted octanol–water partition coefficient (Wildman–Crippen LogP) is -1.01. The van der Waals surface area contributed by atoms with Crippen molar-refractivity contribution in [1.82, 2.24) is 5.32 Å². The number of halogens is 1. The molecule has 3 N–H and O–H groups in total. The number of hydrogen-bond donors (Lipinski definition) is 2. The number of nitrogens with one attached hydrogen (secondary N) is 1. The minimum absolute atomic E-state index is 0. The number of nitrogens with two attached hydrogens (primary N) is 1. The van der Waals surface area contributed by atoms with Gasteiger partial charge in [-0.3, -0.25) is 9.59 Å². The third-order valence-electron chi connectivity index (χ3n) is 1.30. The van der Waals surface area contributed by atoms with E-state index in [2.05, 4.69) is 5.32 Å². The third kappa shape index (κ3) is 2.32. The zero-order chi connectivity index (χ0) is 7.56. The van der Waals surface area contributed by atoms with Crippen molar-refractivity contribution in [3.8, 4) is 0 Å². The van der Waals surface area contributed by atoms with Crippen LogP contribution in [-0.2, 0) is 9.59 Å². The summed E-state index contributed by atoms with van der Waals surface area (Å²) in [6, 6.07) is 0. The van der Waals surface area contributed by atoms with Crippen LogP contribution in [0.25, 0.3) is 0 Å². The summed E-state index contributed by atoms with van der Waals surface area (Å²) < 4.78 is 0. The van der Waals surface area contributed by atoms with Crippen molar-refractivity contribution in [2.45, 2.75) is 0 Å². The molecule has 0 fully saturated rings. The molecule has 4 nitrogen and oxygen atoms in total. The van der Waals surface area contributed by atoms with Gasteiger partial charge in [-0.2, -0.15) is 0 Å². The fourth-order valence-electron chi connectivity index (χ4n) is 0.807. The second kappa shape index (κ2) is 4.10. The lowest BCUT2D eigenvalue weighted by Crippen LogP contribution is -2.34.